The predicted octanol–water partition coefficient (Wildman–Crippen LogP) is 5.93. The first-order valence-corrected chi connectivity index (χ1v) is 11.6. The number of hydrogen-bond acceptors (Lipinski definition) is 5. The van der Waals surface area contributed by atoms with Gasteiger partial charge in [0.1, 0.15) is 5.82 Å². The molecule has 0 aromatic heterocycles. The molecule has 3 rings (SSSR count). The Morgan fingerprint density at radius 1 is 1.08 bits per heavy atom. The smallest absolute Gasteiger partial charge is 0.416 e. The lowest BCUT2D eigenvalue weighted by Gasteiger charge is -2.19. The molecule has 6 nitrogen and oxygen atoms in total. The van der Waals surface area contributed by atoms with Crippen LogP contribution in [-0.2, 0) is 21.1 Å². The Bertz CT molecular complexity index is 1240. The summed E-state index contributed by atoms with van der Waals surface area (Å²) in [6, 6.07) is 6.62. The van der Waals surface area contributed by atoms with Crippen LogP contribution >= 0.6 is 0 Å². The fourth-order valence-corrected chi connectivity index (χ4v) is 3.89. The fourth-order valence-electron chi connectivity index (χ4n) is 3.89. The van der Waals surface area contributed by atoms with Crippen LogP contribution in [0.25, 0.3) is 5.57 Å². The molecular formula is C27H29F4N3O3. The van der Waals surface area contributed by atoms with Crippen LogP contribution in [0.3, 0.4) is 0 Å². The lowest BCUT2D eigenvalue weighted by atomic mass is 9.92. The Balaban J connectivity index is 1.89. The number of alkyl halides is 3. The lowest BCUT2D eigenvalue weighted by molar-refractivity contribution is -0.137. The van der Waals surface area contributed by atoms with E-state index in [1.54, 1.807) is 12.3 Å². The van der Waals surface area contributed by atoms with Crippen LogP contribution in [0, 0.1) is 16.6 Å². The van der Waals surface area contributed by atoms with Gasteiger partial charge in [0, 0.05) is 35.8 Å². The highest BCUT2D eigenvalue weighted by Crippen LogP contribution is 2.50. The number of benzene rings is 2. The molecule has 1 amide bonds. The molecule has 0 bridgehead atoms. The van der Waals surface area contributed by atoms with Crippen molar-refractivity contribution in [3.63, 3.8) is 0 Å². The number of anilines is 1. The maximum atomic E-state index is 14.6. The third-order valence-electron chi connectivity index (χ3n) is 6.04. The highest BCUT2D eigenvalue weighted by molar-refractivity contribution is 6.13. The minimum Gasteiger partial charge on any atom is -0.465 e. The average molecular weight is 520 g/mol. The van der Waals surface area contributed by atoms with E-state index in [1.807, 2.05) is 20.8 Å². The summed E-state index contributed by atoms with van der Waals surface area (Å²) in [5.41, 5.74) is -1.43. The van der Waals surface area contributed by atoms with Gasteiger partial charge >= 0.3 is 12.1 Å². The van der Waals surface area contributed by atoms with Crippen molar-refractivity contribution in [2.75, 3.05) is 19.0 Å². The van der Waals surface area contributed by atoms with Gasteiger partial charge in [0.15, 0.2) is 0 Å². The fraction of sp³-hybridized carbons (Fsp3) is 0.370. The number of nitrogens with one attached hydrogen (secondary N) is 3. The molecule has 2 aromatic carbocycles. The average Bonchev–Trinajstić information content (AvgIpc) is 3.62. The lowest BCUT2D eigenvalue weighted by Crippen LogP contribution is -2.29. The Morgan fingerprint density at radius 3 is 2.27 bits per heavy atom. The second kappa shape index (κ2) is 10.4. The summed E-state index contributed by atoms with van der Waals surface area (Å²) in [5, 5.41) is 13.6. The molecular weight excluding hydrogens is 490 g/mol. The van der Waals surface area contributed by atoms with Crippen LogP contribution in [0.4, 0.5) is 23.2 Å². The molecule has 0 heterocycles. The summed E-state index contributed by atoms with van der Waals surface area (Å²) in [4.78, 5) is 25.6. The molecule has 0 unspecified atom stereocenters. The Kier molecular flexibility index (Phi) is 7.80. The summed E-state index contributed by atoms with van der Waals surface area (Å²) >= 11 is 0. The van der Waals surface area contributed by atoms with Gasteiger partial charge in [0.25, 0.3) is 0 Å². The molecule has 3 N–H and O–H groups in total. The number of ether oxygens (including phenoxy) is 1. The molecule has 1 aliphatic carbocycles. The van der Waals surface area contributed by atoms with Crippen molar-refractivity contribution in [1.29, 1.82) is 5.41 Å². The highest BCUT2D eigenvalue weighted by Gasteiger charge is 2.53. The van der Waals surface area contributed by atoms with Crippen molar-refractivity contribution in [2.45, 2.75) is 45.2 Å². The van der Waals surface area contributed by atoms with Crippen LogP contribution in [0.1, 0.15) is 60.7 Å². The first-order valence-electron chi connectivity index (χ1n) is 11.6. The number of halogens is 4. The molecule has 1 saturated carbocycles. The number of esters is 1. The van der Waals surface area contributed by atoms with Gasteiger partial charge in [-0.15, -0.1) is 0 Å². The Labute approximate surface area is 212 Å². The number of amides is 1. The minimum atomic E-state index is -4.70. The molecule has 37 heavy (non-hydrogen) atoms. The van der Waals surface area contributed by atoms with E-state index in [4.69, 9.17) is 10.1 Å². The zero-order valence-corrected chi connectivity index (χ0v) is 21.0. The summed E-state index contributed by atoms with van der Waals surface area (Å²) in [6.45, 7) is 6.74. The maximum Gasteiger partial charge on any atom is 0.416 e. The van der Waals surface area contributed by atoms with E-state index in [2.05, 4.69) is 10.6 Å². The summed E-state index contributed by atoms with van der Waals surface area (Å²) in [7, 11) is 1.20. The molecule has 0 atom stereocenters. The Hall–Kier alpha value is -3.69. The largest absolute Gasteiger partial charge is 0.465 e. The number of allylic oxidation sites excluding steroid dienone is 1. The normalized spacial score (nSPS) is 15.1. The van der Waals surface area contributed by atoms with Gasteiger partial charge in [-0.05, 0) is 48.1 Å². The first-order chi connectivity index (χ1) is 17.2. The molecule has 198 valence electrons. The van der Waals surface area contributed by atoms with Gasteiger partial charge in [0.05, 0.1) is 23.7 Å². The van der Waals surface area contributed by atoms with Crippen molar-refractivity contribution in [1.82, 2.24) is 5.32 Å². The number of hydrogen-bond donors (Lipinski definition) is 3. The van der Waals surface area contributed by atoms with Crippen molar-refractivity contribution in [2.24, 2.45) is 5.41 Å². The van der Waals surface area contributed by atoms with E-state index in [0.29, 0.717) is 23.7 Å². The van der Waals surface area contributed by atoms with E-state index >= 15 is 0 Å². The molecule has 0 radical (unpaired) electrons. The molecule has 10 heteroatoms. The first kappa shape index (κ1) is 27.9. The third-order valence-corrected chi connectivity index (χ3v) is 6.04. The number of rotatable bonds is 8. The topological polar surface area (TPSA) is 91.3 Å². The van der Waals surface area contributed by atoms with Crippen LogP contribution in [0.15, 0.2) is 42.6 Å². The maximum absolute atomic E-state index is 14.6. The molecule has 0 spiro atoms. The van der Waals surface area contributed by atoms with E-state index in [1.165, 1.54) is 19.2 Å². The van der Waals surface area contributed by atoms with E-state index in [9.17, 15) is 27.2 Å². The minimum absolute atomic E-state index is 0.0196. The zero-order valence-electron chi connectivity index (χ0n) is 21.0. The summed E-state index contributed by atoms with van der Waals surface area (Å²) in [5.74, 6) is -2.38. The van der Waals surface area contributed by atoms with Crippen molar-refractivity contribution >= 4 is 29.4 Å². The van der Waals surface area contributed by atoms with Crippen LogP contribution < -0.4 is 10.6 Å². The molecule has 1 aliphatic rings. The molecule has 1 fully saturated rings. The third kappa shape index (κ3) is 6.36. The summed E-state index contributed by atoms with van der Waals surface area (Å²) in [6.07, 6.45) is -1.46. The SMILES string of the molecule is COC(=O)c1cc(NC(=O)C2(c3ccc(C(F)(F)F)cc3F)CC2)ccc1/C(C=N)=C/NCC(C)(C)C. The van der Waals surface area contributed by atoms with Crippen LogP contribution in [0.5, 0.6) is 0 Å². The van der Waals surface area contributed by atoms with E-state index < -0.39 is 34.8 Å². The van der Waals surface area contributed by atoms with Crippen molar-refractivity contribution in [3.05, 3.63) is 70.7 Å². The summed E-state index contributed by atoms with van der Waals surface area (Å²) < 4.78 is 58.3. The van der Waals surface area contributed by atoms with Crippen molar-refractivity contribution < 1.29 is 31.9 Å². The molecule has 0 saturated heterocycles. The van der Waals surface area contributed by atoms with E-state index in [-0.39, 0.29) is 35.1 Å². The van der Waals surface area contributed by atoms with E-state index in [0.717, 1.165) is 18.3 Å². The number of carbonyl (C=O) groups is 2. The second-order valence-electron chi connectivity index (χ2n) is 10.2. The highest BCUT2D eigenvalue weighted by atomic mass is 19.4. The van der Waals surface area contributed by atoms with Gasteiger partial charge in [0.2, 0.25) is 5.91 Å². The standard InChI is InChI=1S/C27H29F4N3O3/c1-25(2,3)15-33-14-16(13-32)19-7-6-18(12-20(19)23(35)37-4)34-24(36)26(9-10-26)21-8-5-17(11-22(21)28)27(29,30)31/h5-8,11-14,32-33H,9-10,15H2,1-4H3,(H,34,36)/b16-14+,32-13?. The van der Waals surface area contributed by atoms with Gasteiger partial charge in [-0.1, -0.05) is 32.9 Å². The van der Waals surface area contributed by atoms with Gasteiger partial charge < -0.3 is 20.8 Å². The quantitative estimate of drug-likeness (QED) is 0.229. The van der Waals surface area contributed by atoms with Gasteiger partial charge in [-0.3, -0.25) is 4.79 Å². The Morgan fingerprint density at radius 2 is 1.76 bits per heavy atom. The second-order valence-corrected chi connectivity index (χ2v) is 10.2. The number of methoxy groups -OCH3 is 1. The van der Waals surface area contributed by atoms with Crippen LogP contribution in [-0.4, -0.2) is 31.7 Å². The monoisotopic (exact) mass is 519 g/mol. The van der Waals surface area contributed by atoms with Gasteiger partial charge in [-0.25, -0.2) is 9.18 Å². The zero-order chi connectivity index (χ0) is 27.6. The number of carbonyl (C=O) groups excluding carboxylic acids is 2. The molecule has 0 aliphatic heterocycles. The van der Waals surface area contributed by atoms with Gasteiger partial charge in [-0.2, -0.15) is 13.2 Å². The predicted molar refractivity (Wildman–Crippen MR) is 133 cm³/mol. The molecule has 2 aromatic rings. The van der Waals surface area contributed by atoms with Crippen molar-refractivity contribution in [3.8, 4) is 0 Å². The van der Waals surface area contributed by atoms with Crippen LogP contribution in [0.2, 0.25) is 0 Å².